The normalized spacial score (nSPS) is 11.0. The van der Waals surface area contributed by atoms with Gasteiger partial charge in [-0.25, -0.2) is 0 Å². The van der Waals surface area contributed by atoms with Gasteiger partial charge in [0.05, 0.1) is 18.2 Å². The quantitative estimate of drug-likeness (QED) is 0.314. The molecule has 0 atom stereocenters. The van der Waals surface area contributed by atoms with E-state index in [4.69, 9.17) is 9.47 Å². The summed E-state index contributed by atoms with van der Waals surface area (Å²) in [5.41, 5.74) is 4.32. The van der Waals surface area contributed by atoms with Crippen LogP contribution >= 0.6 is 0 Å². The number of hydrogen-bond donors (Lipinski definition) is 0. The van der Waals surface area contributed by atoms with Crippen LogP contribution in [0.15, 0.2) is 84.9 Å². The van der Waals surface area contributed by atoms with Gasteiger partial charge < -0.3 is 9.47 Å². The average molecular weight is 359 g/mol. The van der Waals surface area contributed by atoms with Gasteiger partial charge in [0.15, 0.2) is 5.60 Å². The number of benzene rings is 3. The second kappa shape index (κ2) is 8.13. The zero-order chi connectivity index (χ0) is 19.3. The van der Waals surface area contributed by atoms with Crippen LogP contribution in [0.1, 0.15) is 37.5 Å². The molecule has 0 aliphatic carbocycles. The summed E-state index contributed by atoms with van der Waals surface area (Å²) in [6.07, 6.45) is 0. The summed E-state index contributed by atoms with van der Waals surface area (Å²) in [5.74, 6) is 1.83. The van der Waals surface area contributed by atoms with Gasteiger partial charge in [-0.05, 0) is 35.4 Å². The van der Waals surface area contributed by atoms with E-state index >= 15 is 0 Å². The fourth-order valence-electron chi connectivity index (χ4n) is 3.00. The molecule has 0 spiro atoms. The van der Waals surface area contributed by atoms with Crippen LogP contribution in [-0.2, 0) is 0 Å². The smallest absolute Gasteiger partial charge is 0.270 e. The van der Waals surface area contributed by atoms with Crippen molar-refractivity contribution >= 4 is 11.3 Å². The van der Waals surface area contributed by atoms with Crippen molar-refractivity contribution in [2.45, 2.75) is 26.4 Å². The zero-order valence-electron chi connectivity index (χ0n) is 16.4. The van der Waals surface area contributed by atoms with Crippen molar-refractivity contribution in [3.8, 4) is 5.75 Å². The first kappa shape index (κ1) is 18.8. The van der Waals surface area contributed by atoms with Crippen molar-refractivity contribution < 1.29 is 9.47 Å². The molecule has 0 radical (unpaired) electrons. The first-order valence-corrected chi connectivity index (χ1v) is 9.20. The van der Waals surface area contributed by atoms with Crippen molar-refractivity contribution in [2.75, 3.05) is 7.11 Å². The number of aliphatic hydroxyl groups is 2. The van der Waals surface area contributed by atoms with Gasteiger partial charge in [-0.1, -0.05) is 60.7 Å². The SMILES string of the molecule is COc1ccc(C([OH+]C(C)(C)C)=C(c2ccccc2)c2ccccc2)cc1. The lowest BCUT2D eigenvalue weighted by Crippen LogP contribution is -2.23. The lowest BCUT2D eigenvalue weighted by atomic mass is 9.94. The Hall–Kier alpha value is -3.00. The molecule has 0 bridgehead atoms. The average Bonchev–Trinajstić information content (AvgIpc) is 2.68. The topological polar surface area (TPSA) is 22.0 Å². The van der Waals surface area contributed by atoms with Crippen LogP contribution in [0.5, 0.6) is 5.75 Å². The lowest BCUT2D eigenvalue weighted by molar-refractivity contribution is -0.0520. The van der Waals surface area contributed by atoms with Crippen LogP contribution < -0.4 is 4.74 Å². The molecule has 0 saturated heterocycles. The molecule has 0 amide bonds. The van der Waals surface area contributed by atoms with Gasteiger partial charge >= 0.3 is 0 Å². The van der Waals surface area contributed by atoms with Crippen molar-refractivity contribution in [3.63, 3.8) is 0 Å². The highest BCUT2D eigenvalue weighted by molar-refractivity contribution is 5.95. The van der Waals surface area contributed by atoms with E-state index in [-0.39, 0.29) is 5.60 Å². The third-order valence-corrected chi connectivity index (χ3v) is 4.17. The highest BCUT2D eigenvalue weighted by atomic mass is 16.5. The predicted octanol–water partition coefficient (Wildman–Crippen LogP) is 5.94. The van der Waals surface area contributed by atoms with Gasteiger partial charge in [-0.15, -0.1) is 0 Å². The van der Waals surface area contributed by atoms with Crippen molar-refractivity contribution in [2.24, 2.45) is 0 Å². The number of ether oxygens (including phenoxy) is 2. The Morgan fingerprint density at radius 3 is 1.56 bits per heavy atom. The molecule has 0 aliphatic rings. The lowest BCUT2D eigenvalue weighted by Gasteiger charge is -2.24. The van der Waals surface area contributed by atoms with Crippen LogP contribution in [0, 0.1) is 0 Å². The third-order valence-electron chi connectivity index (χ3n) is 4.17. The van der Waals surface area contributed by atoms with Crippen LogP contribution in [0.2, 0.25) is 0 Å². The molecule has 1 N–H and O–H groups in total. The molecule has 0 heterocycles. The molecule has 0 fully saturated rings. The molecule has 138 valence electrons. The molecule has 0 aliphatic heterocycles. The van der Waals surface area contributed by atoms with E-state index < -0.39 is 0 Å². The maximum atomic E-state index is 5.33. The minimum absolute atomic E-state index is 0.204. The Labute approximate surface area is 162 Å². The molecule has 0 unspecified atom stereocenters. The fourth-order valence-corrected chi connectivity index (χ4v) is 3.00. The minimum Gasteiger partial charge on any atom is -0.578 e. The Kier molecular flexibility index (Phi) is 5.66. The number of hydrogen-bond acceptors (Lipinski definition) is 1. The number of methoxy groups -OCH3 is 1. The molecule has 2 heteroatoms. The third kappa shape index (κ3) is 4.79. The van der Waals surface area contributed by atoms with Gasteiger partial charge in [0, 0.05) is 20.8 Å². The first-order chi connectivity index (χ1) is 13.0. The molecule has 0 saturated carbocycles. The van der Waals surface area contributed by atoms with Crippen molar-refractivity contribution in [1.29, 1.82) is 0 Å². The molecule has 3 aromatic carbocycles. The summed E-state index contributed by atoms with van der Waals surface area (Å²) in [5, 5.41) is 0. The Bertz CT molecular complexity index is 845. The van der Waals surface area contributed by atoms with Crippen LogP contribution in [-0.4, -0.2) is 17.4 Å². The van der Waals surface area contributed by atoms with E-state index in [1.165, 1.54) is 0 Å². The largest absolute Gasteiger partial charge is 0.578 e. The van der Waals surface area contributed by atoms with Gasteiger partial charge in [0.25, 0.3) is 5.76 Å². The second-order valence-electron chi connectivity index (χ2n) is 7.47. The van der Waals surface area contributed by atoms with Crippen LogP contribution in [0.4, 0.5) is 0 Å². The molecular formula is C25H27O2+. The van der Waals surface area contributed by atoms with E-state index in [0.29, 0.717) is 0 Å². The summed E-state index contributed by atoms with van der Waals surface area (Å²) in [7, 11) is 1.69. The molecule has 27 heavy (non-hydrogen) atoms. The minimum atomic E-state index is -0.204. The monoisotopic (exact) mass is 359 g/mol. The molecule has 2 nitrogen and oxygen atoms in total. The van der Waals surface area contributed by atoms with E-state index in [9.17, 15) is 0 Å². The highest BCUT2D eigenvalue weighted by Gasteiger charge is 2.26. The standard InChI is InChI=1S/C25H26O2/c1-25(2,3)27-24(21-15-17-22(26-4)18-16-21)23(19-11-7-5-8-12-19)20-13-9-6-10-14-20/h5-18H,1-4H3/p+1. The summed E-state index contributed by atoms with van der Waals surface area (Å²) in [4.78, 5) is 0. The van der Waals surface area contributed by atoms with Crippen molar-refractivity contribution in [1.82, 2.24) is 0 Å². The molecular weight excluding hydrogens is 332 g/mol. The summed E-state index contributed by atoms with van der Waals surface area (Å²) in [6.45, 7) is 6.39. The maximum absolute atomic E-state index is 5.33. The van der Waals surface area contributed by atoms with Crippen LogP contribution in [0.25, 0.3) is 11.3 Å². The van der Waals surface area contributed by atoms with Gasteiger partial charge in [-0.2, -0.15) is 0 Å². The highest BCUT2D eigenvalue weighted by Crippen LogP contribution is 2.34. The maximum Gasteiger partial charge on any atom is 0.270 e. The zero-order valence-corrected chi connectivity index (χ0v) is 16.4. The van der Waals surface area contributed by atoms with E-state index in [0.717, 1.165) is 33.8 Å². The molecule has 0 aromatic heterocycles. The van der Waals surface area contributed by atoms with E-state index in [1.807, 2.05) is 24.3 Å². The Morgan fingerprint density at radius 1 is 0.667 bits per heavy atom. The molecule has 3 rings (SSSR count). The summed E-state index contributed by atoms with van der Waals surface area (Å²) in [6, 6.07) is 29.1. The van der Waals surface area contributed by atoms with Gasteiger partial charge in [0.1, 0.15) is 5.75 Å². The van der Waals surface area contributed by atoms with Gasteiger partial charge in [-0.3, -0.25) is 0 Å². The summed E-state index contributed by atoms with van der Waals surface area (Å²) < 4.78 is 10.5. The first-order valence-electron chi connectivity index (χ1n) is 9.20. The van der Waals surface area contributed by atoms with E-state index in [2.05, 4.69) is 81.4 Å². The predicted molar refractivity (Wildman–Crippen MR) is 114 cm³/mol. The van der Waals surface area contributed by atoms with E-state index in [1.54, 1.807) is 7.11 Å². The van der Waals surface area contributed by atoms with Crippen molar-refractivity contribution in [3.05, 3.63) is 102 Å². The molecule has 3 aromatic rings. The van der Waals surface area contributed by atoms with Crippen LogP contribution in [0.3, 0.4) is 0 Å². The fraction of sp³-hybridized carbons (Fsp3) is 0.200. The summed E-state index contributed by atoms with van der Waals surface area (Å²) >= 11 is 0. The Balaban J connectivity index is 2.28. The second-order valence-corrected chi connectivity index (χ2v) is 7.47. The van der Waals surface area contributed by atoms with Gasteiger partial charge in [0.2, 0.25) is 0 Å². The number of rotatable bonds is 5. The Morgan fingerprint density at radius 2 is 1.15 bits per heavy atom.